The number of carbonyl (C=O) groups is 1. The summed E-state index contributed by atoms with van der Waals surface area (Å²) in [5.41, 5.74) is 0.770. The Hall–Kier alpha value is -1.85. The summed E-state index contributed by atoms with van der Waals surface area (Å²) in [5.74, 6) is 0.725. The highest BCUT2D eigenvalue weighted by Gasteiger charge is 2.03. The molecule has 5 heteroatoms. The molecule has 0 spiro atoms. The predicted octanol–water partition coefficient (Wildman–Crippen LogP) is 3.05. The highest BCUT2D eigenvalue weighted by Crippen LogP contribution is 2.16. The van der Waals surface area contributed by atoms with Gasteiger partial charge in [0.15, 0.2) is 0 Å². The van der Waals surface area contributed by atoms with Gasteiger partial charge in [0.05, 0.1) is 13.7 Å². The third kappa shape index (κ3) is 4.88. The molecule has 0 saturated carbocycles. The third-order valence-electron chi connectivity index (χ3n) is 3.02. The fraction of sp³-hybridized carbons (Fsp3) is 0.312. The summed E-state index contributed by atoms with van der Waals surface area (Å²) >= 11 is 1.78. The van der Waals surface area contributed by atoms with E-state index in [1.54, 1.807) is 18.4 Å². The van der Waals surface area contributed by atoms with Crippen molar-refractivity contribution >= 4 is 22.9 Å². The molecular formula is C16H20N2O2S. The number of anilines is 1. The first kappa shape index (κ1) is 15.5. The van der Waals surface area contributed by atoms with Crippen LogP contribution in [0.25, 0.3) is 0 Å². The van der Waals surface area contributed by atoms with Gasteiger partial charge in [-0.3, -0.25) is 4.79 Å². The zero-order valence-corrected chi connectivity index (χ0v) is 13.1. The molecule has 1 heterocycles. The van der Waals surface area contributed by atoms with Crippen molar-refractivity contribution in [3.05, 3.63) is 46.2 Å². The molecule has 112 valence electrons. The predicted molar refractivity (Wildman–Crippen MR) is 87.0 cm³/mol. The number of thiophene rings is 1. The van der Waals surface area contributed by atoms with Crippen LogP contribution in [0.5, 0.6) is 5.75 Å². The Kier molecular flexibility index (Phi) is 5.78. The molecule has 1 aromatic carbocycles. The van der Waals surface area contributed by atoms with Gasteiger partial charge in [0, 0.05) is 22.0 Å². The molecular weight excluding hydrogens is 284 g/mol. The lowest BCUT2D eigenvalue weighted by atomic mass is 10.3. The van der Waals surface area contributed by atoms with Crippen molar-refractivity contribution in [2.45, 2.75) is 19.9 Å². The van der Waals surface area contributed by atoms with E-state index in [4.69, 9.17) is 4.74 Å². The molecule has 1 aromatic heterocycles. The quantitative estimate of drug-likeness (QED) is 0.826. The van der Waals surface area contributed by atoms with Crippen LogP contribution in [0.2, 0.25) is 0 Å². The largest absolute Gasteiger partial charge is 0.497 e. The molecule has 0 aliphatic heterocycles. The van der Waals surface area contributed by atoms with Crippen LogP contribution >= 0.6 is 11.3 Å². The molecule has 0 aliphatic rings. The van der Waals surface area contributed by atoms with Crippen LogP contribution < -0.4 is 15.4 Å². The minimum absolute atomic E-state index is 0.0487. The number of amides is 1. The van der Waals surface area contributed by atoms with E-state index in [1.165, 1.54) is 9.75 Å². The minimum atomic E-state index is -0.0487. The number of hydrogen-bond donors (Lipinski definition) is 2. The van der Waals surface area contributed by atoms with E-state index in [0.29, 0.717) is 6.54 Å². The maximum absolute atomic E-state index is 11.8. The smallest absolute Gasteiger partial charge is 0.238 e. The molecule has 0 fully saturated rings. The molecule has 1 amide bonds. The lowest BCUT2D eigenvalue weighted by molar-refractivity contribution is -0.115. The van der Waals surface area contributed by atoms with Crippen LogP contribution in [-0.2, 0) is 17.8 Å². The van der Waals surface area contributed by atoms with Crippen LogP contribution in [0.15, 0.2) is 36.4 Å². The summed E-state index contributed by atoms with van der Waals surface area (Å²) in [4.78, 5) is 14.4. The maximum Gasteiger partial charge on any atom is 0.238 e. The average Bonchev–Trinajstić information content (AvgIpc) is 2.96. The van der Waals surface area contributed by atoms with Gasteiger partial charge in [0.25, 0.3) is 0 Å². The Morgan fingerprint density at radius 1 is 1.14 bits per heavy atom. The lowest BCUT2D eigenvalue weighted by Crippen LogP contribution is -2.27. The number of benzene rings is 1. The first-order valence-electron chi connectivity index (χ1n) is 6.93. The maximum atomic E-state index is 11.8. The van der Waals surface area contributed by atoms with Crippen LogP contribution in [0.1, 0.15) is 16.7 Å². The highest BCUT2D eigenvalue weighted by atomic mass is 32.1. The molecule has 0 aliphatic carbocycles. The summed E-state index contributed by atoms with van der Waals surface area (Å²) in [6, 6.07) is 11.5. The number of carbonyl (C=O) groups excluding carboxylic acids is 1. The van der Waals surface area contributed by atoms with E-state index in [-0.39, 0.29) is 5.91 Å². The minimum Gasteiger partial charge on any atom is -0.497 e. The van der Waals surface area contributed by atoms with Gasteiger partial charge < -0.3 is 15.4 Å². The fourth-order valence-corrected chi connectivity index (χ4v) is 2.81. The zero-order valence-electron chi connectivity index (χ0n) is 12.3. The van der Waals surface area contributed by atoms with Gasteiger partial charge in [0.2, 0.25) is 5.91 Å². The molecule has 0 bridgehead atoms. The summed E-state index contributed by atoms with van der Waals surface area (Å²) in [5, 5.41) is 6.00. The van der Waals surface area contributed by atoms with Crippen molar-refractivity contribution in [1.82, 2.24) is 5.32 Å². The molecule has 0 radical (unpaired) electrons. The lowest BCUT2D eigenvalue weighted by Gasteiger charge is -2.07. The van der Waals surface area contributed by atoms with Crippen molar-refractivity contribution in [1.29, 1.82) is 0 Å². The second-order valence-corrected chi connectivity index (χ2v) is 5.85. The van der Waals surface area contributed by atoms with Gasteiger partial charge in [-0.15, -0.1) is 11.3 Å². The number of nitrogens with one attached hydrogen (secondary N) is 2. The number of ether oxygens (including phenoxy) is 1. The summed E-state index contributed by atoms with van der Waals surface area (Å²) in [6.07, 6.45) is 1.06. The van der Waals surface area contributed by atoms with Gasteiger partial charge in [-0.2, -0.15) is 0 Å². The Morgan fingerprint density at radius 2 is 1.86 bits per heavy atom. The monoisotopic (exact) mass is 304 g/mol. The Bertz CT molecular complexity index is 578. The standard InChI is InChI=1S/C16H20N2O2S/c1-3-14-8-9-15(21-14)10-17-11-16(19)18-12-4-6-13(20-2)7-5-12/h4-9,17H,3,10-11H2,1-2H3,(H,18,19). The number of hydrogen-bond acceptors (Lipinski definition) is 4. The van der Waals surface area contributed by atoms with Gasteiger partial charge >= 0.3 is 0 Å². The van der Waals surface area contributed by atoms with Crippen LogP contribution in [-0.4, -0.2) is 19.6 Å². The second kappa shape index (κ2) is 7.81. The van der Waals surface area contributed by atoms with Crippen LogP contribution in [0.4, 0.5) is 5.69 Å². The van der Waals surface area contributed by atoms with E-state index >= 15 is 0 Å². The van der Waals surface area contributed by atoms with E-state index in [2.05, 4.69) is 29.7 Å². The van der Waals surface area contributed by atoms with Crippen LogP contribution in [0.3, 0.4) is 0 Å². The molecule has 2 aromatic rings. The van der Waals surface area contributed by atoms with Gasteiger partial charge in [-0.1, -0.05) is 6.92 Å². The second-order valence-electron chi connectivity index (χ2n) is 4.60. The Balaban J connectivity index is 1.73. The number of rotatable bonds is 7. The molecule has 2 rings (SSSR count). The number of aryl methyl sites for hydroxylation is 1. The summed E-state index contributed by atoms with van der Waals surface area (Å²) in [7, 11) is 1.62. The van der Waals surface area contributed by atoms with Crippen LogP contribution in [0, 0.1) is 0 Å². The van der Waals surface area contributed by atoms with E-state index in [9.17, 15) is 4.79 Å². The Morgan fingerprint density at radius 3 is 2.48 bits per heavy atom. The third-order valence-corrected chi connectivity index (χ3v) is 4.25. The first-order valence-corrected chi connectivity index (χ1v) is 7.75. The van der Waals surface area contributed by atoms with Gasteiger partial charge in [-0.05, 0) is 42.8 Å². The van der Waals surface area contributed by atoms with Crippen molar-refractivity contribution in [3.8, 4) is 5.75 Å². The van der Waals surface area contributed by atoms with E-state index in [0.717, 1.165) is 24.4 Å². The van der Waals surface area contributed by atoms with Gasteiger partial charge in [-0.25, -0.2) is 0 Å². The molecule has 4 nitrogen and oxygen atoms in total. The normalized spacial score (nSPS) is 10.4. The molecule has 2 N–H and O–H groups in total. The van der Waals surface area contributed by atoms with Crippen molar-refractivity contribution in [3.63, 3.8) is 0 Å². The topological polar surface area (TPSA) is 50.4 Å². The van der Waals surface area contributed by atoms with E-state index in [1.807, 2.05) is 24.3 Å². The van der Waals surface area contributed by atoms with Crippen molar-refractivity contribution in [2.24, 2.45) is 0 Å². The average molecular weight is 304 g/mol. The summed E-state index contributed by atoms with van der Waals surface area (Å²) < 4.78 is 5.08. The van der Waals surface area contributed by atoms with E-state index < -0.39 is 0 Å². The number of methoxy groups -OCH3 is 1. The SMILES string of the molecule is CCc1ccc(CNCC(=O)Nc2ccc(OC)cc2)s1. The van der Waals surface area contributed by atoms with Gasteiger partial charge in [0.1, 0.15) is 5.75 Å². The highest BCUT2D eigenvalue weighted by molar-refractivity contribution is 7.11. The molecule has 0 saturated heterocycles. The Labute approximate surface area is 129 Å². The summed E-state index contributed by atoms with van der Waals surface area (Å²) in [6.45, 7) is 3.16. The molecule has 0 unspecified atom stereocenters. The first-order chi connectivity index (χ1) is 10.2. The molecule has 21 heavy (non-hydrogen) atoms. The fourth-order valence-electron chi connectivity index (χ4n) is 1.89. The molecule has 0 atom stereocenters. The van der Waals surface area contributed by atoms with Crippen molar-refractivity contribution in [2.75, 3.05) is 19.0 Å². The zero-order chi connectivity index (χ0) is 15.1. The van der Waals surface area contributed by atoms with Crippen molar-refractivity contribution < 1.29 is 9.53 Å².